The molecule has 0 saturated carbocycles. The second kappa shape index (κ2) is 14.2. The molecule has 0 unspecified atom stereocenters. The molecule has 1 saturated heterocycles. The van der Waals surface area contributed by atoms with Gasteiger partial charge in [-0.25, -0.2) is 0 Å². The Labute approximate surface area is 146 Å². The van der Waals surface area contributed by atoms with Gasteiger partial charge in [-0.05, 0) is 12.1 Å². The molecule has 1 aliphatic heterocycles. The van der Waals surface area contributed by atoms with E-state index in [2.05, 4.69) is 40.5 Å². The number of thioether (sulfide) groups is 1. The molecule has 1 N–H and O–H groups in total. The van der Waals surface area contributed by atoms with Crippen molar-refractivity contribution in [3.05, 3.63) is 30.3 Å². The van der Waals surface area contributed by atoms with Crippen LogP contribution in [0.15, 0.2) is 35.2 Å². The van der Waals surface area contributed by atoms with Crippen LogP contribution in [0.1, 0.15) is 0 Å². The van der Waals surface area contributed by atoms with E-state index in [0.29, 0.717) is 0 Å². The molecule has 3 nitrogen and oxygen atoms in total. The third-order valence-corrected chi connectivity index (χ3v) is 4.01. The summed E-state index contributed by atoms with van der Waals surface area (Å²) in [7, 11) is 9.59. The summed E-state index contributed by atoms with van der Waals surface area (Å²) in [5.41, 5.74) is 0. The molecule has 0 radical (unpaired) electrons. The van der Waals surface area contributed by atoms with Gasteiger partial charge in [0.2, 0.25) is 0 Å². The second-order valence-electron chi connectivity index (χ2n) is 4.42. The number of nitrogens with one attached hydrogen (secondary N) is 1. The predicted molar refractivity (Wildman–Crippen MR) is 89.0 cm³/mol. The summed E-state index contributed by atoms with van der Waals surface area (Å²) in [6.07, 6.45) is 0. The van der Waals surface area contributed by atoms with Crippen LogP contribution in [0, 0.1) is 0 Å². The maximum Gasteiger partial charge on any atom is 0.0594 e. The van der Waals surface area contributed by atoms with Crippen LogP contribution in [0.4, 0.5) is 0 Å². The number of hydrogen-bond acceptors (Lipinski definition) is 4. The van der Waals surface area contributed by atoms with Gasteiger partial charge in [0, 0.05) is 43.4 Å². The van der Waals surface area contributed by atoms with E-state index in [9.17, 15) is 0 Å². The minimum absolute atomic E-state index is 0.00694. The van der Waals surface area contributed by atoms with Crippen molar-refractivity contribution < 1.29 is 17.9 Å². The quantitative estimate of drug-likeness (QED) is 0.438. The van der Waals surface area contributed by atoms with Gasteiger partial charge in [-0.1, -0.05) is 18.2 Å². The summed E-state index contributed by atoms with van der Waals surface area (Å²) in [4.78, 5) is 3.81. The van der Waals surface area contributed by atoms with Gasteiger partial charge >= 0.3 is 33.3 Å². The maximum absolute atomic E-state index is 5.33. The minimum atomic E-state index is 0.00694. The fraction of sp³-hybridized carbons (Fsp3) is 0.571. The van der Waals surface area contributed by atoms with E-state index in [1.807, 2.05) is 11.8 Å². The Balaban J connectivity index is 0.000000677. The number of nitrogens with zero attached hydrogens (tertiary/aromatic N) is 1. The Kier molecular flexibility index (Phi) is 13.2. The third-order valence-electron chi connectivity index (χ3n) is 3.00. The van der Waals surface area contributed by atoms with E-state index in [-0.39, 0.29) is 13.1 Å². The van der Waals surface area contributed by atoms with Crippen molar-refractivity contribution in [3.63, 3.8) is 0 Å². The van der Waals surface area contributed by atoms with E-state index in [0.717, 1.165) is 51.7 Å². The molecule has 0 aromatic heterocycles. The molecule has 121 valence electrons. The molecule has 1 heterocycles. The van der Waals surface area contributed by atoms with Gasteiger partial charge in [0.15, 0.2) is 0 Å². The molecule has 0 aliphatic carbocycles. The first-order chi connectivity index (χ1) is 10.4. The van der Waals surface area contributed by atoms with Crippen LogP contribution < -0.4 is 5.32 Å². The smallest absolute Gasteiger partial charge is 0.0594 e. The van der Waals surface area contributed by atoms with Gasteiger partial charge in [-0.3, -0.25) is 4.90 Å². The Hall–Kier alpha value is 0.549. The van der Waals surface area contributed by atoms with Crippen LogP contribution in [-0.4, -0.2) is 56.6 Å². The first kappa shape index (κ1) is 19.6. The molecule has 0 atom stereocenters. The van der Waals surface area contributed by atoms with Crippen LogP contribution in [0.5, 0.6) is 0 Å². The summed E-state index contributed by atoms with van der Waals surface area (Å²) < 4.78 is 5.33. The molecule has 2 rings (SSSR count). The number of benzene rings is 1. The SMILES string of the molecule is [Cl][Mn][Cl].c1ccc(SCCNCCN2CCOCC2)cc1. The van der Waals surface area contributed by atoms with Crippen molar-refractivity contribution in [3.8, 4) is 0 Å². The molecule has 0 amide bonds. The van der Waals surface area contributed by atoms with Gasteiger partial charge in [0.05, 0.1) is 13.2 Å². The van der Waals surface area contributed by atoms with Crippen molar-refractivity contribution in [1.82, 2.24) is 10.2 Å². The first-order valence-electron chi connectivity index (χ1n) is 6.92. The fourth-order valence-corrected chi connectivity index (χ4v) is 2.78. The summed E-state index contributed by atoms with van der Waals surface area (Å²) in [5.74, 6) is 1.13. The number of morpholine rings is 1. The van der Waals surface area contributed by atoms with Gasteiger partial charge in [-0.2, -0.15) is 0 Å². The molecule has 1 aromatic carbocycles. The topological polar surface area (TPSA) is 24.5 Å². The van der Waals surface area contributed by atoms with Gasteiger partial charge < -0.3 is 10.1 Å². The van der Waals surface area contributed by atoms with E-state index in [1.165, 1.54) is 4.90 Å². The normalized spacial score (nSPS) is 15.3. The molecule has 1 fully saturated rings. The van der Waals surface area contributed by atoms with Crippen LogP contribution in [0.2, 0.25) is 0 Å². The van der Waals surface area contributed by atoms with E-state index in [4.69, 9.17) is 24.9 Å². The Morgan fingerprint density at radius 2 is 1.81 bits per heavy atom. The largest absolute Gasteiger partial charge is 0.379 e. The number of halogens is 2. The van der Waals surface area contributed by atoms with Crippen LogP contribution in [0.3, 0.4) is 0 Å². The zero-order chi connectivity index (χ0) is 15.2. The van der Waals surface area contributed by atoms with Gasteiger partial charge in [0.25, 0.3) is 0 Å². The van der Waals surface area contributed by atoms with E-state index < -0.39 is 0 Å². The standard InChI is InChI=1S/C14H22N2OS.2ClH.Mn/c1-2-4-14(5-3-1)18-13-7-15-6-8-16-9-11-17-12-10-16;;;/h1-5,15H,6-13H2;2*1H;/q;;;+2/p-2. The van der Waals surface area contributed by atoms with Gasteiger partial charge in [0.1, 0.15) is 0 Å². The Morgan fingerprint density at radius 1 is 1.14 bits per heavy atom. The Morgan fingerprint density at radius 3 is 2.48 bits per heavy atom. The molecule has 1 aromatic rings. The zero-order valence-electron chi connectivity index (χ0n) is 11.9. The fourth-order valence-electron chi connectivity index (χ4n) is 1.94. The summed E-state index contributed by atoms with van der Waals surface area (Å²) in [6.45, 7) is 7.24. The average molecular weight is 392 g/mol. The summed E-state index contributed by atoms with van der Waals surface area (Å²) in [6, 6.07) is 10.6. The first-order valence-corrected chi connectivity index (χ1v) is 11.2. The Bertz CT molecular complexity index is 343. The molecule has 1 aliphatic rings. The van der Waals surface area contributed by atoms with Crippen molar-refractivity contribution in [2.75, 3.05) is 51.7 Å². The molecular formula is C14H22Cl2MnN2OS. The molecule has 0 bridgehead atoms. The molecule has 21 heavy (non-hydrogen) atoms. The average Bonchev–Trinajstić information content (AvgIpc) is 2.53. The summed E-state index contributed by atoms with van der Waals surface area (Å²) in [5, 5.41) is 3.50. The number of hydrogen-bond donors (Lipinski definition) is 1. The zero-order valence-corrected chi connectivity index (χ0v) is 15.4. The minimum Gasteiger partial charge on any atom is -0.379 e. The predicted octanol–water partition coefficient (Wildman–Crippen LogP) is 3.08. The molecule has 0 spiro atoms. The van der Waals surface area contributed by atoms with E-state index >= 15 is 0 Å². The number of rotatable bonds is 7. The van der Waals surface area contributed by atoms with Crippen LogP contribution in [0.25, 0.3) is 0 Å². The van der Waals surface area contributed by atoms with Gasteiger partial charge in [-0.15, -0.1) is 11.8 Å². The molecule has 7 heteroatoms. The monoisotopic (exact) mass is 391 g/mol. The van der Waals surface area contributed by atoms with Crippen molar-refractivity contribution in [2.45, 2.75) is 4.90 Å². The van der Waals surface area contributed by atoms with E-state index in [1.54, 1.807) is 0 Å². The second-order valence-corrected chi connectivity index (χ2v) is 7.54. The van der Waals surface area contributed by atoms with Crippen molar-refractivity contribution in [1.29, 1.82) is 0 Å². The number of ether oxygens (including phenoxy) is 1. The molecular weight excluding hydrogens is 370 g/mol. The third kappa shape index (κ3) is 10.8. The maximum atomic E-state index is 5.33. The van der Waals surface area contributed by atoms with Crippen LogP contribution in [-0.2, 0) is 17.9 Å². The van der Waals surface area contributed by atoms with Crippen LogP contribution >= 0.6 is 32.0 Å². The summed E-state index contributed by atoms with van der Waals surface area (Å²) >= 11 is 1.92. The van der Waals surface area contributed by atoms with Crippen molar-refractivity contribution in [2.24, 2.45) is 0 Å². The van der Waals surface area contributed by atoms with Crippen molar-refractivity contribution >= 4 is 32.0 Å².